The van der Waals surface area contributed by atoms with E-state index in [0.717, 1.165) is 30.1 Å². The van der Waals surface area contributed by atoms with E-state index >= 15 is 0 Å². The van der Waals surface area contributed by atoms with Crippen LogP contribution in [0.25, 0.3) is 11.1 Å². The Labute approximate surface area is 122 Å². The highest BCUT2D eigenvalue weighted by molar-refractivity contribution is 6.29. The molecule has 6 heteroatoms. The zero-order valence-electron chi connectivity index (χ0n) is 11.4. The number of halogens is 1. The largest absolute Gasteiger partial charge is 0.490 e. The lowest BCUT2D eigenvalue weighted by Crippen LogP contribution is -2.30. The Hall–Kier alpha value is -1.59. The first-order chi connectivity index (χ1) is 9.63. The van der Waals surface area contributed by atoms with Gasteiger partial charge in [-0.1, -0.05) is 11.6 Å². The molecule has 0 N–H and O–H groups in total. The SMILES string of the molecule is CC(C)Oc1cc(Cl)ncc1-c1cnn(C2COC2)c1. The van der Waals surface area contributed by atoms with Crippen LogP contribution < -0.4 is 4.74 Å². The highest BCUT2D eigenvalue weighted by Gasteiger charge is 2.22. The van der Waals surface area contributed by atoms with Crippen LogP contribution in [-0.2, 0) is 4.74 Å². The molecule has 20 heavy (non-hydrogen) atoms. The molecule has 0 amide bonds. The number of nitrogens with zero attached hydrogens (tertiary/aromatic N) is 3. The minimum atomic E-state index is 0.0716. The fraction of sp³-hybridized carbons (Fsp3) is 0.429. The lowest BCUT2D eigenvalue weighted by molar-refractivity contribution is -0.0286. The minimum absolute atomic E-state index is 0.0716. The van der Waals surface area contributed by atoms with Crippen molar-refractivity contribution < 1.29 is 9.47 Å². The van der Waals surface area contributed by atoms with Crippen molar-refractivity contribution in [2.24, 2.45) is 0 Å². The molecule has 1 aliphatic heterocycles. The maximum Gasteiger partial charge on any atom is 0.132 e. The highest BCUT2D eigenvalue weighted by Crippen LogP contribution is 2.32. The predicted octanol–water partition coefficient (Wildman–Crippen LogP) is 2.96. The van der Waals surface area contributed by atoms with Gasteiger partial charge in [-0.3, -0.25) is 4.68 Å². The van der Waals surface area contributed by atoms with Crippen LogP contribution >= 0.6 is 11.6 Å². The van der Waals surface area contributed by atoms with E-state index in [1.807, 2.05) is 30.9 Å². The lowest BCUT2D eigenvalue weighted by Gasteiger charge is -2.25. The molecule has 0 saturated carbocycles. The van der Waals surface area contributed by atoms with E-state index in [1.54, 1.807) is 12.3 Å². The summed E-state index contributed by atoms with van der Waals surface area (Å²) in [6, 6.07) is 2.07. The Kier molecular flexibility index (Phi) is 3.63. The van der Waals surface area contributed by atoms with Gasteiger partial charge in [-0.25, -0.2) is 4.98 Å². The van der Waals surface area contributed by atoms with Gasteiger partial charge in [-0.15, -0.1) is 0 Å². The average molecular weight is 294 g/mol. The molecule has 3 rings (SSSR count). The van der Waals surface area contributed by atoms with Gasteiger partial charge in [-0.2, -0.15) is 5.10 Å². The number of rotatable bonds is 4. The molecular formula is C14H16ClN3O2. The Balaban J connectivity index is 1.93. The van der Waals surface area contributed by atoms with Crippen LogP contribution in [0.5, 0.6) is 5.75 Å². The number of hydrogen-bond acceptors (Lipinski definition) is 4. The van der Waals surface area contributed by atoms with Crippen molar-refractivity contribution >= 4 is 11.6 Å². The Morgan fingerprint density at radius 3 is 2.85 bits per heavy atom. The van der Waals surface area contributed by atoms with Crippen LogP contribution in [0.2, 0.25) is 5.15 Å². The molecule has 3 heterocycles. The monoisotopic (exact) mass is 293 g/mol. The fourth-order valence-electron chi connectivity index (χ4n) is 2.03. The Morgan fingerprint density at radius 2 is 2.20 bits per heavy atom. The van der Waals surface area contributed by atoms with Crippen LogP contribution in [0.15, 0.2) is 24.7 Å². The summed E-state index contributed by atoms with van der Waals surface area (Å²) in [5, 5.41) is 4.80. The summed E-state index contributed by atoms with van der Waals surface area (Å²) in [7, 11) is 0. The molecule has 1 fully saturated rings. The van der Waals surface area contributed by atoms with Crippen LogP contribution in [-0.4, -0.2) is 34.1 Å². The van der Waals surface area contributed by atoms with Crippen LogP contribution in [0, 0.1) is 0 Å². The number of hydrogen-bond donors (Lipinski definition) is 0. The van der Waals surface area contributed by atoms with E-state index in [0.29, 0.717) is 11.2 Å². The standard InChI is InChI=1S/C14H16ClN3O2/c1-9(2)20-13-3-14(15)16-5-12(13)10-4-17-18(6-10)11-7-19-8-11/h3-6,9,11H,7-8H2,1-2H3. The highest BCUT2D eigenvalue weighted by atomic mass is 35.5. The topological polar surface area (TPSA) is 49.2 Å². The summed E-state index contributed by atoms with van der Waals surface area (Å²) in [4.78, 5) is 4.14. The molecular weight excluding hydrogens is 278 g/mol. The quantitative estimate of drug-likeness (QED) is 0.813. The average Bonchev–Trinajstić information content (AvgIpc) is 2.75. The Morgan fingerprint density at radius 1 is 1.40 bits per heavy atom. The molecule has 0 bridgehead atoms. The second kappa shape index (κ2) is 5.42. The maximum absolute atomic E-state index is 5.95. The van der Waals surface area contributed by atoms with E-state index in [-0.39, 0.29) is 6.10 Å². The van der Waals surface area contributed by atoms with Gasteiger partial charge in [0.2, 0.25) is 0 Å². The van der Waals surface area contributed by atoms with Gasteiger partial charge in [0.15, 0.2) is 0 Å². The molecule has 2 aromatic rings. The molecule has 1 aliphatic rings. The first kappa shape index (κ1) is 13.4. The van der Waals surface area contributed by atoms with Gasteiger partial charge in [0.25, 0.3) is 0 Å². The van der Waals surface area contributed by atoms with E-state index in [2.05, 4.69) is 10.1 Å². The lowest BCUT2D eigenvalue weighted by atomic mass is 10.1. The third-order valence-corrected chi connectivity index (χ3v) is 3.31. The molecule has 0 radical (unpaired) electrons. The molecule has 1 saturated heterocycles. The summed E-state index contributed by atoms with van der Waals surface area (Å²) in [6.45, 7) is 5.39. The molecule has 0 atom stereocenters. The van der Waals surface area contributed by atoms with Gasteiger partial charge in [0.1, 0.15) is 10.9 Å². The first-order valence-corrected chi connectivity index (χ1v) is 6.96. The molecule has 0 spiro atoms. The molecule has 5 nitrogen and oxygen atoms in total. The van der Waals surface area contributed by atoms with Crippen molar-refractivity contribution in [3.8, 4) is 16.9 Å². The zero-order chi connectivity index (χ0) is 14.1. The minimum Gasteiger partial charge on any atom is -0.490 e. The summed E-state index contributed by atoms with van der Waals surface area (Å²) >= 11 is 5.95. The van der Waals surface area contributed by atoms with E-state index in [1.165, 1.54) is 0 Å². The van der Waals surface area contributed by atoms with E-state index in [9.17, 15) is 0 Å². The van der Waals surface area contributed by atoms with Crippen molar-refractivity contribution in [2.75, 3.05) is 13.2 Å². The molecule has 2 aromatic heterocycles. The number of ether oxygens (including phenoxy) is 2. The van der Waals surface area contributed by atoms with Crippen LogP contribution in [0.1, 0.15) is 19.9 Å². The van der Waals surface area contributed by atoms with Crippen LogP contribution in [0.4, 0.5) is 0 Å². The second-order valence-corrected chi connectivity index (χ2v) is 5.46. The second-order valence-electron chi connectivity index (χ2n) is 5.07. The third-order valence-electron chi connectivity index (χ3n) is 3.10. The third kappa shape index (κ3) is 2.64. The summed E-state index contributed by atoms with van der Waals surface area (Å²) in [5.41, 5.74) is 1.87. The first-order valence-electron chi connectivity index (χ1n) is 6.58. The van der Waals surface area contributed by atoms with Crippen molar-refractivity contribution in [1.29, 1.82) is 0 Å². The number of pyridine rings is 1. The van der Waals surface area contributed by atoms with Gasteiger partial charge in [0.05, 0.1) is 31.6 Å². The van der Waals surface area contributed by atoms with E-state index in [4.69, 9.17) is 21.1 Å². The van der Waals surface area contributed by atoms with Gasteiger partial charge >= 0.3 is 0 Å². The molecule has 0 aliphatic carbocycles. The molecule has 0 aromatic carbocycles. The van der Waals surface area contributed by atoms with Gasteiger partial charge in [0, 0.05) is 29.6 Å². The van der Waals surface area contributed by atoms with Gasteiger partial charge in [-0.05, 0) is 13.8 Å². The fourth-order valence-corrected chi connectivity index (χ4v) is 2.18. The summed E-state index contributed by atoms with van der Waals surface area (Å²) < 4.78 is 12.9. The smallest absolute Gasteiger partial charge is 0.132 e. The van der Waals surface area contributed by atoms with Crippen molar-refractivity contribution in [3.63, 3.8) is 0 Å². The van der Waals surface area contributed by atoms with Crippen molar-refractivity contribution in [1.82, 2.24) is 14.8 Å². The summed E-state index contributed by atoms with van der Waals surface area (Å²) in [6.07, 6.45) is 5.60. The van der Waals surface area contributed by atoms with Crippen molar-refractivity contribution in [2.45, 2.75) is 26.0 Å². The van der Waals surface area contributed by atoms with Crippen LogP contribution in [0.3, 0.4) is 0 Å². The predicted molar refractivity (Wildman–Crippen MR) is 76.1 cm³/mol. The molecule has 0 unspecified atom stereocenters. The maximum atomic E-state index is 5.95. The summed E-state index contributed by atoms with van der Waals surface area (Å²) in [5.74, 6) is 0.726. The normalized spacial score (nSPS) is 15.4. The van der Waals surface area contributed by atoms with Crippen molar-refractivity contribution in [3.05, 3.63) is 29.8 Å². The zero-order valence-corrected chi connectivity index (χ0v) is 12.2. The van der Waals surface area contributed by atoms with Gasteiger partial charge < -0.3 is 9.47 Å². The molecule has 106 valence electrons. The Bertz CT molecular complexity index is 608. The number of aromatic nitrogens is 3. The van der Waals surface area contributed by atoms with E-state index < -0.39 is 0 Å².